The SMILES string of the molecule is O=C(CN1CCN(c2ccc(O)cc2)CC1)Nc1cccc(Br)c1. The van der Waals surface area contributed by atoms with Gasteiger partial charge in [0.1, 0.15) is 5.75 Å². The van der Waals surface area contributed by atoms with Crippen molar-refractivity contribution >= 4 is 33.2 Å². The maximum absolute atomic E-state index is 12.2. The summed E-state index contributed by atoms with van der Waals surface area (Å²) >= 11 is 3.40. The van der Waals surface area contributed by atoms with Crippen LogP contribution in [0.2, 0.25) is 0 Å². The zero-order valence-electron chi connectivity index (χ0n) is 13.3. The Labute approximate surface area is 150 Å². The Hall–Kier alpha value is -2.05. The zero-order valence-corrected chi connectivity index (χ0v) is 14.9. The zero-order chi connectivity index (χ0) is 16.9. The average molecular weight is 390 g/mol. The van der Waals surface area contributed by atoms with Crippen LogP contribution in [-0.2, 0) is 4.79 Å². The topological polar surface area (TPSA) is 55.8 Å². The molecule has 6 heteroatoms. The maximum Gasteiger partial charge on any atom is 0.238 e. The highest BCUT2D eigenvalue weighted by molar-refractivity contribution is 9.10. The second-order valence-electron chi connectivity index (χ2n) is 5.84. The highest BCUT2D eigenvalue weighted by Crippen LogP contribution is 2.20. The number of carbonyl (C=O) groups is 1. The van der Waals surface area contributed by atoms with Crippen LogP contribution in [-0.4, -0.2) is 48.6 Å². The number of aromatic hydroxyl groups is 1. The summed E-state index contributed by atoms with van der Waals surface area (Å²) in [7, 11) is 0. The van der Waals surface area contributed by atoms with Gasteiger partial charge in [-0.3, -0.25) is 9.69 Å². The molecule has 0 radical (unpaired) electrons. The van der Waals surface area contributed by atoms with Crippen LogP contribution in [0, 0.1) is 0 Å². The van der Waals surface area contributed by atoms with Crippen molar-refractivity contribution in [2.24, 2.45) is 0 Å². The van der Waals surface area contributed by atoms with Gasteiger partial charge in [-0.1, -0.05) is 22.0 Å². The lowest BCUT2D eigenvalue weighted by atomic mass is 10.2. The molecule has 126 valence electrons. The molecule has 0 atom stereocenters. The number of amides is 1. The highest BCUT2D eigenvalue weighted by Gasteiger charge is 2.19. The molecule has 1 heterocycles. The molecule has 0 saturated carbocycles. The number of hydrogen-bond donors (Lipinski definition) is 2. The molecule has 0 aromatic heterocycles. The minimum Gasteiger partial charge on any atom is -0.508 e. The van der Waals surface area contributed by atoms with Crippen LogP contribution < -0.4 is 10.2 Å². The van der Waals surface area contributed by atoms with Crippen LogP contribution >= 0.6 is 15.9 Å². The minimum atomic E-state index is 0.00573. The van der Waals surface area contributed by atoms with E-state index in [9.17, 15) is 9.90 Å². The maximum atomic E-state index is 12.2. The molecule has 1 saturated heterocycles. The molecule has 0 spiro atoms. The summed E-state index contributed by atoms with van der Waals surface area (Å²) < 4.78 is 0.947. The van der Waals surface area contributed by atoms with Crippen molar-refractivity contribution in [3.8, 4) is 5.75 Å². The number of hydrogen-bond acceptors (Lipinski definition) is 4. The van der Waals surface area contributed by atoms with Crippen molar-refractivity contribution < 1.29 is 9.90 Å². The molecule has 0 bridgehead atoms. The van der Waals surface area contributed by atoms with Gasteiger partial charge in [0.05, 0.1) is 6.54 Å². The molecular formula is C18H20BrN3O2. The predicted octanol–water partition coefficient (Wildman–Crippen LogP) is 2.92. The van der Waals surface area contributed by atoms with Crippen molar-refractivity contribution in [3.05, 3.63) is 53.0 Å². The number of phenols is 1. The number of carbonyl (C=O) groups excluding carboxylic acids is 1. The summed E-state index contributed by atoms with van der Waals surface area (Å²) in [4.78, 5) is 16.6. The van der Waals surface area contributed by atoms with Crippen LogP contribution in [0.15, 0.2) is 53.0 Å². The highest BCUT2D eigenvalue weighted by atomic mass is 79.9. The molecule has 5 nitrogen and oxygen atoms in total. The van der Waals surface area contributed by atoms with Gasteiger partial charge in [0.15, 0.2) is 0 Å². The van der Waals surface area contributed by atoms with E-state index in [1.54, 1.807) is 12.1 Å². The van der Waals surface area contributed by atoms with Crippen LogP contribution in [0.1, 0.15) is 0 Å². The van der Waals surface area contributed by atoms with Gasteiger partial charge in [0.25, 0.3) is 0 Å². The summed E-state index contributed by atoms with van der Waals surface area (Å²) in [5, 5.41) is 12.3. The van der Waals surface area contributed by atoms with Crippen LogP contribution in [0.3, 0.4) is 0 Å². The van der Waals surface area contributed by atoms with Gasteiger partial charge in [-0.05, 0) is 42.5 Å². The molecule has 1 amide bonds. The normalized spacial score (nSPS) is 15.3. The molecule has 1 aliphatic heterocycles. The summed E-state index contributed by atoms with van der Waals surface area (Å²) in [5.41, 5.74) is 1.91. The number of anilines is 2. The van der Waals surface area contributed by atoms with Crippen LogP contribution in [0.25, 0.3) is 0 Å². The third-order valence-electron chi connectivity index (χ3n) is 4.06. The number of benzene rings is 2. The van der Waals surface area contributed by atoms with Gasteiger partial charge < -0.3 is 15.3 Å². The first kappa shape index (κ1) is 16.8. The molecule has 2 aromatic carbocycles. The van der Waals surface area contributed by atoms with E-state index in [4.69, 9.17) is 0 Å². The lowest BCUT2D eigenvalue weighted by Gasteiger charge is -2.35. The molecule has 2 N–H and O–H groups in total. The first-order valence-electron chi connectivity index (χ1n) is 7.92. The Balaban J connectivity index is 1.48. The van der Waals surface area contributed by atoms with Crippen molar-refractivity contribution in [1.29, 1.82) is 0 Å². The fourth-order valence-corrected chi connectivity index (χ4v) is 3.20. The van der Waals surface area contributed by atoms with Crippen molar-refractivity contribution in [1.82, 2.24) is 4.90 Å². The second-order valence-corrected chi connectivity index (χ2v) is 6.75. The van der Waals surface area contributed by atoms with Gasteiger partial charge >= 0.3 is 0 Å². The third-order valence-corrected chi connectivity index (χ3v) is 4.56. The van der Waals surface area contributed by atoms with Crippen molar-refractivity contribution in [3.63, 3.8) is 0 Å². The Morgan fingerprint density at radius 2 is 1.79 bits per heavy atom. The third kappa shape index (κ3) is 4.49. The van der Waals surface area contributed by atoms with Gasteiger partial charge in [-0.25, -0.2) is 0 Å². The Morgan fingerprint density at radius 3 is 2.46 bits per heavy atom. The average Bonchev–Trinajstić information content (AvgIpc) is 2.56. The molecular weight excluding hydrogens is 370 g/mol. The van der Waals surface area contributed by atoms with Crippen molar-refractivity contribution in [2.75, 3.05) is 42.9 Å². The van der Waals surface area contributed by atoms with E-state index in [1.807, 2.05) is 36.4 Å². The number of nitrogens with one attached hydrogen (secondary N) is 1. The lowest BCUT2D eigenvalue weighted by molar-refractivity contribution is -0.117. The van der Waals surface area contributed by atoms with E-state index in [-0.39, 0.29) is 11.7 Å². The first-order valence-corrected chi connectivity index (χ1v) is 8.71. The fourth-order valence-electron chi connectivity index (χ4n) is 2.80. The predicted molar refractivity (Wildman–Crippen MR) is 99.5 cm³/mol. The minimum absolute atomic E-state index is 0.00573. The number of halogens is 1. The molecule has 24 heavy (non-hydrogen) atoms. The first-order chi connectivity index (χ1) is 11.6. The second kappa shape index (κ2) is 7.68. The van der Waals surface area contributed by atoms with Crippen molar-refractivity contribution in [2.45, 2.75) is 0 Å². The molecule has 1 aliphatic rings. The van der Waals surface area contributed by atoms with Gasteiger partial charge in [-0.2, -0.15) is 0 Å². The van der Waals surface area contributed by atoms with E-state index >= 15 is 0 Å². The quantitative estimate of drug-likeness (QED) is 0.843. The number of rotatable bonds is 4. The van der Waals surface area contributed by atoms with Crippen LogP contribution in [0.4, 0.5) is 11.4 Å². The Bertz CT molecular complexity index is 698. The Morgan fingerprint density at radius 1 is 1.08 bits per heavy atom. The molecule has 3 rings (SSSR count). The summed E-state index contributed by atoms with van der Waals surface area (Å²) in [6, 6.07) is 14.8. The number of phenolic OH excluding ortho intramolecular Hbond substituents is 1. The monoisotopic (exact) mass is 389 g/mol. The largest absolute Gasteiger partial charge is 0.508 e. The van der Waals surface area contributed by atoms with E-state index in [0.717, 1.165) is 42.0 Å². The lowest BCUT2D eigenvalue weighted by Crippen LogP contribution is -2.48. The number of nitrogens with zero attached hydrogens (tertiary/aromatic N) is 2. The molecule has 0 unspecified atom stereocenters. The van der Waals surface area contributed by atoms with E-state index in [2.05, 4.69) is 31.0 Å². The fraction of sp³-hybridized carbons (Fsp3) is 0.278. The summed E-state index contributed by atoms with van der Waals surface area (Å²) in [6.45, 7) is 3.82. The standard InChI is InChI=1S/C18H20BrN3O2/c19-14-2-1-3-15(12-14)20-18(24)13-21-8-10-22(11-9-21)16-4-6-17(23)7-5-16/h1-7,12,23H,8-11,13H2,(H,20,24). The molecule has 2 aromatic rings. The molecule has 1 fully saturated rings. The van der Waals surface area contributed by atoms with Crippen LogP contribution in [0.5, 0.6) is 5.75 Å². The van der Waals surface area contributed by atoms with E-state index in [0.29, 0.717) is 6.54 Å². The number of piperazine rings is 1. The summed E-state index contributed by atoms with van der Waals surface area (Å²) in [6.07, 6.45) is 0. The van der Waals surface area contributed by atoms with Gasteiger partial charge in [0, 0.05) is 42.0 Å². The Kier molecular flexibility index (Phi) is 5.37. The summed E-state index contributed by atoms with van der Waals surface area (Å²) in [5.74, 6) is 0.285. The van der Waals surface area contributed by atoms with E-state index in [1.165, 1.54) is 0 Å². The van der Waals surface area contributed by atoms with E-state index < -0.39 is 0 Å². The molecule has 0 aliphatic carbocycles. The van der Waals surface area contributed by atoms with Gasteiger partial charge in [-0.15, -0.1) is 0 Å². The smallest absolute Gasteiger partial charge is 0.238 e. The van der Waals surface area contributed by atoms with Gasteiger partial charge in [0.2, 0.25) is 5.91 Å².